The molecule has 0 aliphatic carbocycles. The predicted octanol–water partition coefficient (Wildman–Crippen LogP) is 2.81. The minimum Gasteiger partial charge on any atom is -0.366 e. The number of nitrogens with zero attached hydrogens (tertiary/aromatic N) is 1. The van der Waals surface area contributed by atoms with Gasteiger partial charge in [0.15, 0.2) is 0 Å². The van der Waals surface area contributed by atoms with Crippen LogP contribution in [0.2, 0.25) is 0 Å². The van der Waals surface area contributed by atoms with E-state index in [4.69, 9.17) is 5.73 Å². The van der Waals surface area contributed by atoms with Gasteiger partial charge in [-0.2, -0.15) is 0 Å². The van der Waals surface area contributed by atoms with E-state index < -0.39 is 5.91 Å². The SMILES string of the molecule is NC(=O)c1cccc(C(=O)N2CCC(c3ccccc3)CC2)c1. The van der Waals surface area contributed by atoms with E-state index in [1.807, 2.05) is 11.0 Å². The van der Waals surface area contributed by atoms with Gasteiger partial charge in [0.25, 0.3) is 5.91 Å². The van der Waals surface area contributed by atoms with Crippen LogP contribution < -0.4 is 5.73 Å². The molecule has 2 aromatic carbocycles. The molecule has 2 aromatic rings. The summed E-state index contributed by atoms with van der Waals surface area (Å²) in [5.74, 6) is -0.0285. The topological polar surface area (TPSA) is 63.4 Å². The molecule has 0 radical (unpaired) electrons. The third-order valence-electron chi connectivity index (χ3n) is 4.45. The number of benzene rings is 2. The molecule has 2 amide bonds. The Kier molecular flexibility index (Phi) is 4.42. The Morgan fingerprint density at radius 2 is 1.57 bits per heavy atom. The van der Waals surface area contributed by atoms with E-state index in [-0.39, 0.29) is 5.91 Å². The lowest BCUT2D eigenvalue weighted by Crippen LogP contribution is -2.38. The number of rotatable bonds is 3. The lowest BCUT2D eigenvalue weighted by Gasteiger charge is -2.32. The molecule has 3 rings (SSSR count). The van der Waals surface area contributed by atoms with Gasteiger partial charge in [-0.15, -0.1) is 0 Å². The van der Waals surface area contributed by atoms with Gasteiger partial charge in [-0.05, 0) is 42.5 Å². The van der Waals surface area contributed by atoms with Crippen LogP contribution in [0.4, 0.5) is 0 Å². The fraction of sp³-hybridized carbons (Fsp3) is 0.263. The second kappa shape index (κ2) is 6.65. The average molecular weight is 308 g/mol. The Balaban J connectivity index is 1.66. The molecule has 4 nitrogen and oxygen atoms in total. The molecule has 1 aliphatic heterocycles. The predicted molar refractivity (Wildman–Crippen MR) is 89.3 cm³/mol. The maximum Gasteiger partial charge on any atom is 0.253 e. The van der Waals surface area contributed by atoms with Crippen molar-refractivity contribution in [3.8, 4) is 0 Å². The van der Waals surface area contributed by atoms with Gasteiger partial charge in [-0.3, -0.25) is 9.59 Å². The van der Waals surface area contributed by atoms with Crippen LogP contribution in [-0.2, 0) is 0 Å². The van der Waals surface area contributed by atoms with Crippen molar-refractivity contribution >= 4 is 11.8 Å². The number of piperidine rings is 1. The molecular weight excluding hydrogens is 288 g/mol. The van der Waals surface area contributed by atoms with Crippen molar-refractivity contribution in [3.63, 3.8) is 0 Å². The van der Waals surface area contributed by atoms with Crippen molar-refractivity contribution in [3.05, 3.63) is 71.3 Å². The molecule has 118 valence electrons. The van der Waals surface area contributed by atoms with Crippen molar-refractivity contribution < 1.29 is 9.59 Å². The summed E-state index contributed by atoms with van der Waals surface area (Å²) in [7, 11) is 0. The van der Waals surface area contributed by atoms with E-state index in [0.717, 1.165) is 25.9 Å². The molecule has 0 bridgehead atoms. The monoisotopic (exact) mass is 308 g/mol. The Labute approximate surface area is 135 Å². The van der Waals surface area contributed by atoms with Gasteiger partial charge in [0, 0.05) is 24.2 Å². The molecule has 0 unspecified atom stereocenters. The van der Waals surface area contributed by atoms with Crippen LogP contribution in [0.3, 0.4) is 0 Å². The first-order chi connectivity index (χ1) is 11.1. The van der Waals surface area contributed by atoms with E-state index >= 15 is 0 Å². The van der Waals surface area contributed by atoms with Crippen LogP contribution in [0.15, 0.2) is 54.6 Å². The van der Waals surface area contributed by atoms with E-state index in [2.05, 4.69) is 24.3 Å². The van der Waals surface area contributed by atoms with Crippen LogP contribution in [0.25, 0.3) is 0 Å². The average Bonchev–Trinajstić information content (AvgIpc) is 2.62. The molecule has 0 saturated carbocycles. The maximum absolute atomic E-state index is 12.6. The molecule has 1 fully saturated rings. The minimum atomic E-state index is -0.512. The van der Waals surface area contributed by atoms with E-state index in [1.165, 1.54) is 5.56 Å². The van der Waals surface area contributed by atoms with Crippen molar-refractivity contribution in [1.29, 1.82) is 0 Å². The summed E-state index contributed by atoms with van der Waals surface area (Å²) in [6, 6.07) is 17.1. The van der Waals surface area contributed by atoms with Crippen molar-refractivity contribution in [1.82, 2.24) is 4.90 Å². The zero-order chi connectivity index (χ0) is 16.2. The molecule has 1 heterocycles. The van der Waals surface area contributed by atoms with E-state index in [9.17, 15) is 9.59 Å². The highest BCUT2D eigenvalue weighted by atomic mass is 16.2. The molecule has 2 N–H and O–H groups in total. The van der Waals surface area contributed by atoms with Crippen LogP contribution >= 0.6 is 0 Å². The third kappa shape index (κ3) is 3.42. The number of amides is 2. The molecule has 0 aromatic heterocycles. The molecule has 0 spiro atoms. The molecule has 1 aliphatic rings. The summed E-state index contributed by atoms with van der Waals surface area (Å²) >= 11 is 0. The molecule has 4 heteroatoms. The molecule has 0 atom stereocenters. The highest BCUT2D eigenvalue weighted by molar-refractivity contribution is 5.99. The largest absolute Gasteiger partial charge is 0.366 e. The molecule has 23 heavy (non-hydrogen) atoms. The van der Waals surface area contributed by atoms with Gasteiger partial charge in [0.05, 0.1) is 0 Å². The number of carbonyl (C=O) groups excluding carboxylic acids is 2. The highest BCUT2D eigenvalue weighted by Crippen LogP contribution is 2.28. The quantitative estimate of drug-likeness (QED) is 0.947. The van der Waals surface area contributed by atoms with Crippen LogP contribution in [0.1, 0.15) is 45.0 Å². The zero-order valence-electron chi connectivity index (χ0n) is 12.9. The lowest BCUT2D eigenvalue weighted by molar-refractivity contribution is 0.0713. The molecule has 1 saturated heterocycles. The summed E-state index contributed by atoms with van der Waals surface area (Å²) in [6.45, 7) is 1.47. The zero-order valence-corrected chi connectivity index (χ0v) is 12.9. The van der Waals surface area contributed by atoms with Crippen molar-refractivity contribution in [2.45, 2.75) is 18.8 Å². The third-order valence-corrected chi connectivity index (χ3v) is 4.45. The summed E-state index contributed by atoms with van der Waals surface area (Å²) in [5.41, 5.74) is 7.52. The maximum atomic E-state index is 12.6. The first-order valence-corrected chi connectivity index (χ1v) is 7.89. The van der Waals surface area contributed by atoms with E-state index in [1.54, 1.807) is 24.3 Å². The number of carbonyl (C=O) groups is 2. The van der Waals surface area contributed by atoms with Crippen LogP contribution in [0.5, 0.6) is 0 Å². The Morgan fingerprint density at radius 3 is 2.22 bits per heavy atom. The van der Waals surface area contributed by atoms with Crippen molar-refractivity contribution in [2.75, 3.05) is 13.1 Å². The Morgan fingerprint density at radius 1 is 0.913 bits per heavy atom. The second-order valence-electron chi connectivity index (χ2n) is 5.92. The standard InChI is InChI=1S/C19H20N2O2/c20-18(22)16-7-4-8-17(13-16)19(23)21-11-9-15(10-12-21)14-5-2-1-3-6-14/h1-8,13,15H,9-12H2,(H2,20,22). The number of hydrogen-bond acceptors (Lipinski definition) is 2. The van der Waals surface area contributed by atoms with Gasteiger partial charge < -0.3 is 10.6 Å². The fourth-order valence-corrected chi connectivity index (χ4v) is 3.13. The van der Waals surface area contributed by atoms with Crippen molar-refractivity contribution in [2.24, 2.45) is 5.73 Å². The van der Waals surface area contributed by atoms with E-state index in [0.29, 0.717) is 17.0 Å². The van der Waals surface area contributed by atoms with Crippen LogP contribution in [-0.4, -0.2) is 29.8 Å². The fourth-order valence-electron chi connectivity index (χ4n) is 3.13. The number of hydrogen-bond donors (Lipinski definition) is 1. The first kappa shape index (κ1) is 15.3. The smallest absolute Gasteiger partial charge is 0.253 e. The number of nitrogens with two attached hydrogens (primary N) is 1. The highest BCUT2D eigenvalue weighted by Gasteiger charge is 2.24. The summed E-state index contributed by atoms with van der Waals surface area (Å²) in [6.07, 6.45) is 1.93. The summed E-state index contributed by atoms with van der Waals surface area (Å²) in [5, 5.41) is 0. The Bertz CT molecular complexity index is 704. The summed E-state index contributed by atoms with van der Waals surface area (Å²) in [4.78, 5) is 25.7. The lowest BCUT2D eigenvalue weighted by atomic mass is 9.89. The first-order valence-electron chi connectivity index (χ1n) is 7.89. The molecular formula is C19H20N2O2. The normalized spacial score (nSPS) is 15.4. The second-order valence-corrected chi connectivity index (χ2v) is 5.92. The summed E-state index contributed by atoms with van der Waals surface area (Å²) < 4.78 is 0. The number of likely N-dealkylation sites (tertiary alicyclic amines) is 1. The van der Waals surface area contributed by atoms with Gasteiger partial charge in [0.2, 0.25) is 5.91 Å². The minimum absolute atomic E-state index is 0.0281. The van der Waals surface area contributed by atoms with Gasteiger partial charge in [-0.25, -0.2) is 0 Å². The van der Waals surface area contributed by atoms with Gasteiger partial charge in [0.1, 0.15) is 0 Å². The number of primary amides is 1. The van der Waals surface area contributed by atoms with Gasteiger partial charge in [-0.1, -0.05) is 36.4 Å². The van der Waals surface area contributed by atoms with Gasteiger partial charge >= 0.3 is 0 Å². The Hall–Kier alpha value is -2.62. The van der Waals surface area contributed by atoms with Crippen LogP contribution in [0, 0.1) is 0 Å².